The highest BCUT2D eigenvalue weighted by Crippen LogP contribution is 2.15. The van der Waals surface area contributed by atoms with E-state index in [1.807, 2.05) is 18.7 Å². The maximum absolute atomic E-state index is 12.9. The molecule has 0 saturated heterocycles. The lowest BCUT2D eigenvalue weighted by Crippen LogP contribution is -2.11. The molecule has 1 N–H and O–H groups in total. The first-order chi connectivity index (χ1) is 9.11. The molecule has 1 aromatic carbocycles. The summed E-state index contributed by atoms with van der Waals surface area (Å²) in [5, 5.41) is 7.73. The molecule has 0 aliphatic heterocycles. The highest BCUT2D eigenvalue weighted by molar-refractivity contribution is 5.26. The van der Waals surface area contributed by atoms with Crippen LogP contribution < -0.4 is 5.32 Å². The summed E-state index contributed by atoms with van der Waals surface area (Å²) >= 11 is 0. The van der Waals surface area contributed by atoms with Crippen LogP contribution in [0.25, 0.3) is 0 Å². The zero-order valence-corrected chi connectivity index (χ0v) is 11.7. The van der Waals surface area contributed by atoms with E-state index in [1.54, 1.807) is 12.1 Å². The smallest absolute Gasteiger partial charge is 0.123 e. The van der Waals surface area contributed by atoms with Crippen molar-refractivity contribution in [3.63, 3.8) is 0 Å². The summed E-state index contributed by atoms with van der Waals surface area (Å²) in [6.45, 7) is 5.77. The van der Waals surface area contributed by atoms with Gasteiger partial charge in [-0.3, -0.25) is 4.68 Å². The minimum Gasteiger partial charge on any atom is -0.319 e. The molecular weight excluding hydrogens is 241 g/mol. The largest absolute Gasteiger partial charge is 0.319 e. The number of benzene rings is 1. The van der Waals surface area contributed by atoms with Crippen molar-refractivity contribution in [3.8, 4) is 0 Å². The van der Waals surface area contributed by atoms with Gasteiger partial charge in [-0.05, 0) is 57.1 Å². The van der Waals surface area contributed by atoms with Gasteiger partial charge in [0.15, 0.2) is 0 Å². The number of rotatable bonds is 5. The number of nitrogens with one attached hydrogen (secondary N) is 1. The van der Waals surface area contributed by atoms with Crippen molar-refractivity contribution >= 4 is 0 Å². The van der Waals surface area contributed by atoms with E-state index in [0.717, 1.165) is 24.2 Å². The van der Waals surface area contributed by atoms with Gasteiger partial charge in [0.25, 0.3) is 0 Å². The Morgan fingerprint density at radius 3 is 2.53 bits per heavy atom. The molecule has 0 bridgehead atoms. The van der Waals surface area contributed by atoms with Crippen LogP contribution in [0.5, 0.6) is 0 Å². The molecule has 19 heavy (non-hydrogen) atoms. The third-order valence-corrected chi connectivity index (χ3v) is 3.40. The first-order valence-corrected chi connectivity index (χ1v) is 6.53. The van der Waals surface area contributed by atoms with Crippen LogP contribution in [0.2, 0.25) is 0 Å². The van der Waals surface area contributed by atoms with Gasteiger partial charge in [-0.15, -0.1) is 0 Å². The molecule has 2 rings (SSSR count). The molecule has 1 heterocycles. The van der Waals surface area contributed by atoms with Gasteiger partial charge in [-0.25, -0.2) is 4.39 Å². The molecular formula is C15H20FN3. The standard InChI is InChI=1S/C15H20FN3/c1-11-15(8-9-17-3)12(2)19(18-11)10-13-4-6-14(16)7-5-13/h4-7,17H,8-10H2,1-3H3. The summed E-state index contributed by atoms with van der Waals surface area (Å²) in [6.07, 6.45) is 0.984. The SMILES string of the molecule is CNCCc1c(C)nn(Cc2ccc(F)cc2)c1C. The number of aromatic nitrogens is 2. The molecule has 0 aliphatic rings. The Hall–Kier alpha value is -1.68. The molecule has 0 unspecified atom stereocenters. The van der Waals surface area contributed by atoms with E-state index in [9.17, 15) is 4.39 Å². The quantitative estimate of drug-likeness (QED) is 0.896. The molecule has 4 heteroatoms. The van der Waals surface area contributed by atoms with Gasteiger partial charge in [0.2, 0.25) is 0 Å². The lowest BCUT2D eigenvalue weighted by atomic mass is 10.1. The number of aryl methyl sites for hydroxylation is 1. The van der Waals surface area contributed by atoms with E-state index in [2.05, 4.69) is 17.3 Å². The highest BCUT2D eigenvalue weighted by atomic mass is 19.1. The molecule has 2 aromatic rings. The van der Waals surface area contributed by atoms with Crippen LogP contribution in [0, 0.1) is 19.7 Å². The van der Waals surface area contributed by atoms with Gasteiger partial charge in [0, 0.05) is 5.69 Å². The fourth-order valence-electron chi connectivity index (χ4n) is 2.26. The molecule has 102 valence electrons. The Bertz CT molecular complexity index is 543. The van der Waals surface area contributed by atoms with Crippen LogP contribution in [0.4, 0.5) is 4.39 Å². The second-order valence-electron chi connectivity index (χ2n) is 4.79. The van der Waals surface area contributed by atoms with Gasteiger partial charge in [0.05, 0.1) is 12.2 Å². The molecule has 0 spiro atoms. The number of hydrogen-bond acceptors (Lipinski definition) is 2. The summed E-state index contributed by atoms with van der Waals surface area (Å²) in [6, 6.07) is 6.59. The first kappa shape index (κ1) is 13.7. The Kier molecular flexibility index (Phi) is 4.32. The molecule has 0 fully saturated rings. The first-order valence-electron chi connectivity index (χ1n) is 6.53. The van der Waals surface area contributed by atoms with E-state index in [0.29, 0.717) is 6.54 Å². The second kappa shape index (κ2) is 5.97. The maximum Gasteiger partial charge on any atom is 0.123 e. The topological polar surface area (TPSA) is 29.9 Å². The minimum atomic E-state index is -0.202. The molecule has 0 aliphatic carbocycles. The number of hydrogen-bond donors (Lipinski definition) is 1. The number of likely N-dealkylation sites (N-methyl/N-ethyl adjacent to an activating group) is 1. The Morgan fingerprint density at radius 1 is 1.21 bits per heavy atom. The van der Waals surface area contributed by atoms with Crippen LogP contribution in [0.3, 0.4) is 0 Å². The second-order valence-corrected chi connectivity index (χ2v) is 4.79. The van der Waals surface area contributed by atoms with E-state index in [-0.39, 0.29) is 5.82 Å². The van der Waals surface area contributed by atoms with Gasteiger partial charge in [-0.1, -0.05) is 12.1 Å². The summed E-state index contributed by atoms with van der Waals surface area (Å²) in [7, 11) is 1.95. The third-order valence-electron chi connectivity index (χ3n) is 3.40. The van der Waals surface area contributed by atoms with E-state index >= 15 is 0 Å². The monoisotopic (exact) mass is 261 g/mol. The van der Waals surface area contributed by atoms with Crippen LogP contribution in [0.15, 0.2) is 24.3 Å². The fourth-order valence-corrected chi connectivity index (χ4v) is 2.26. The van der Waals surface area contributed by atoms with Crippen LogP contribution >= 0.6 is 0 Å². The molecule has 0 saturated carbocycles. The maximum atomic E-state index is 12.9. The summed E-state index contributed by atoms with van der Waals surface area (Å²) in [5.74, 6) is -0.202. The Balaban J connectivity index is 2.19. The van der Waals surface area contributed by atoms with Gasteiger partial charge in [0.1, 0.15) is 5.82 Å². The average Bonchev–Trinajstić information content (AvgIpc) is 2.65. The Morgan fingerprint density at radius 2 is 1.89 bits per heavy atom. The van der Waals surface area contributed by atoms with Crippen molar-refractivity contribution in [3.05, 3.63) is 52.6 Å². The molecule has 0 atom stereocenters. The predicted octanol–water partition coefficient (Wildman–Crippen LogP) is 2.45. The van der Waals surface area contributed by atoms with Crippen LogP contribution in [0.1, 0.15) is 22.5 Å². The average molecular weight is 261 g/mol. The summed E-state index contributed by atoms with van der Waals surface area (Å²) in [5.41, 5.74) is 4.63. The van der Waals surface area contributed by atoms with Crippen molar-refractivity contribution in [2.75, 3.05) is 13.6 Å². The van der Waals surface area contributed by atoms with Crippen molar-refractivity contribution < 1.29 is 4.39 Å². The van der Waals surface area contributed by atoms with Crippen molar-refractivity contribution in [1.29, 1.82) is 0 Å². The van der Waals surface area contributed by atoms with Gasteiger partial charge in [-0.2, -0.15) is 5.10 Å². The Labute approximate surface area is 113 Å². The van der Waals surface area contributed by atoms with Crippen LogP contribution in [-0.4, -0.2) is 23.4 Å². The van der Waals surface area contributed by atoms with Gasteiger partial charge < -0.3 is 5.32 Å². The zero-order valence-electron chi connectivity index (χ0n) is 11.7. The van der Waals surface area contributed by atoms with Crippen LogP contribution in [-0.2, 0) is 13.0 Å². The van der Waals surface area contributed by atoms with E-state index < -0.39 is 0 Å². The van der Waals surface area contributed by atoms with E-state index in [4.69, 9.17) is 0 Å². The minimum absolute atomic E-state index is 0.202. The molecule has 0 radical (unpaired) electrons. The molecule has 0 amide bonds. The van der Waals surface area contributed by atoms with Crippen molar-refractivity contribution in [1.82, 2.24) is 15.1 Å². The summed E-state index contributed by atoms with van der Waals surface area (Å²) < 4.78 is 14.9. The number of nitrogens with zero attached hydrogens (tertiary/aromatic N) is 2. The lowest BCUT2D eigenvalue weighted by molar-refractivity contribution is 0.622. The van der Waals surface area contributed by atoms with Gasteiger partial charge >= 0.3 is 0 Å². The van der Waals surface area contributed by atoms with E-state index in [1.165, 1.54) is 23.4 Å². The molecule has 1 aromatic heterocycles. The predicted molar refractivity (Wildman–Crippen MR) is 74.8 cm³/mol. The van der Waals surface area contributed by atoms with Crippen molar-refractivity contribution in [2.45, 2.75) is 26.8 Å². The lowest BCUT2D eigenvalue weighted by Gasteiger charge is -2.06. The normalized spacial score (nSPS) is 10.9. The third kappa shape index (κ3) is 3.20. The zero-order chi connectivity index (χ0) is 13.8. The van der Waals surface area contributed by atoms with Crippen molar-refractivity contribution in [2.24, 2.45) is 0 Å². The number of halogens is 1. The fraction of sp³-hybridized carbons (Fsp3) is 0.400. The molecule has 3 nitrogen and oxygen atoms in total. The summed E-state index contributed by atoms with van der Waals surface area (Å²) in [4.78, 5) is 0. The highest BCUT2D eigenvalue weighted by Gasteiger charge is 2.11.